The van der Waals surface area contributed by atoms with E-state index in [9.17, 15) is 22.8 Å². The fourth-order valence-corrected chi connectivity index (χ4v) is 1.03. The molecule has 0 radical (unpaired) electrons. The summed E-state index contributed by atoms with van der Waals surface area (Å²) in [5.41, 5.74) is -1.96. The summed E-state index contributed by atoms with van der Waals surface area (Å²) >= 11 is 0. The first kappa shape index (κ1) is 12.9. The van der Waals surface area contributed by atoms with Crippen molar-refractivity contribution in [2.45, 2.75) is 6.36 Å². The van der Waals surface area contributed by atoms with Crippen LogP contribution in [0.1, 0.15) is 10.4 Å². The van der Waals surface area contributed by atoms with Crippen molar-refractivity contribution in [2.24, 2.45) is 0 Å². The van der Waals surface area contributed by atoms with Crippen molar-refractivity contribution in [2.75, 3.05) is 7.11 Å². The van der Waals surface area contributed by atoms with Crippen LogP contribution in [0, 0.1) is 0 Å². The molecule has 0 saturated heterocycles. The standard InChI is InChI=1S/C8H6F3NO5/c1-16-5-4(13)3(7(14)15)2-12-6(5)17-8(9,10)11/h2H,1H3,(H,12,13)(H,14,15). The number of alkyl halides is 3. The number of hydrogen-bond acceptors (Lipinski definition) is 4. The van der Waals surface area contributed by atoms with Crippen molar-refractivity contribution >= 4 is 5.97 Å². The van der Waals surface area contributed by atoms with E-state index in [1.54, 1.807) is 0 Å². The summed E-state index contributed by atoms with van der Waals surface area (Å²) in [6.07, 6.45) is -4.44. The Morgan fingerprint density at radius 1 is 1.47 bits per heavy atom. The number of aromatic nitrogens is 1. The molecule has 0 atom stereocenters. The number of aromatic amines is 1. The Morgan fingerprint density at radius 2 is 2.06 bits per heavy atom. The van der Waals surface area contributed by atoms with Crippen LogP contribution in [0.2, 0.25) is 0 Å². The van der Waals surface area contributed by atoms with Crippen LogP contribution in [0.4, 0.5) is 13.2 Å². The Balaban J connectivity index is 3.32. The molecule has 0 spiro atoms. The zero-order valence-electron chi connectivity index (χ0n) is 8.29. The Morgan fingerprint density at radius 3 is 2.47 bits per heavy atom. The smallest absolute Gasteiger partial charge is 0.488 e. The van der Waals surface area contributed by atoms with E-state index in [1.165, 1.54) is 0 Å². The lowest BCUT2D eigenvalue weighted by Gasteiger charge is -2.11. The van der Waals surface area contributed by atoms with Gasteiger partial charge in [0.15, 0.2) is 0 Å². The van der Waals surface area contributed by atoms with Crippen molar-refractivity contribution in [3.05, 3.63) is 22.0 Å². The van der Waals surface area contributed by atoms with Crippen LogP contribution in [-0.4, -0.2) is 29.5 Å². The van der Waals surface area contributed by atoms with Gasteiger partial charge < -0.3 is 19.6 Å². The highest BCUT2D eigenvalue weighted by Crippen LogP contribution is 2.27. The van der Waals surface area contributed by atoms with Crippen LogP contribution in [0.3, 0.4) is 0 Å². The quantitative estimate of drug-likeness (QED) is 0.838. The number of aromatic carboxylic acids is 1. The zero-order chi connectivity index (χ0) is 13.2. The number of carbonyl (C=O) groups is 1. The highest BCUT2D eigenvalue weighted by Gasteiger charge is 2.34. The third kappa shape index (κ3) is 2.89. The Bertz CT molecular complexity index is 493. The number of nitrogens with one attached hydrogen (secondary N) is 1. The summed E-state index contributed by atoms with van der Waals surface area (Å²) in [6.45, 7) is 0. The average molecular weight is 253 g/mol. The highest BCUT2D eigenvalue weighted by molar-refractivity contribution is 5.87. The summed E-state index contributed by atoms with van der Waals surface area (Å²) in [4.78, 5) is 23.8. The molecular weight excluding hydrogens is 247 g/mol. The second-order valence-electron chi connectivity index (χ2n) is 2.75. The zero-order valence-corrected chi connectivity index (χ0v) is 8.29. The first-order valence-electron chi connectivity index (χ1n) is 4.05. The van der Waals surface area contributed by atoms with Crippen LogP contribution in [0.5, 0.6) is 11.6 Å². The molecule has 1 aromatic heterocycles. The Labute approximate surface area is 91.6 Å². The molecule has 94 valence electrons. The first-order chi connectivity index (χ1) is 7.76. The number of carboxylic acid groups (broad SMARTS) is 1. The van der Waals surface area contributed by atoms with Gasteiger partial charge in [-0.2, -0.15) is 0 Å². The minimum Gasteiger partial charge on any atom is -0.488 e. The maximum atomic E-state index is 11.9. The lowest BCUT2D eigenvalue weighted by molar-refractivity contribution is -0.276. The average Bonchev–Trinajstić information content (AvgIpc) is 2.15. The summed E-state index contributed by atoms with van der Waals surface area (Å²) in [6, 6.07) is 0. The number of H-pyrrole nitrogens is 1. The summed E-state index contributed by atoms with van der Waals surface area (Å²) < 4.78 is 43.6. The van der Waals surface area contributed by atoms with Crippen molar-refractivity contribution in [3.8, 4) is 11.6 Å². The molecule has 1 rings (SSSR count). The predicted octanol–water partition coefficient (Wildman–Crippen LogP) is 0.980. The highest BCUT2D eigenvalue weighted by atomic mass is 19.4. The van der Waals surface area contributed by atoms with Gasteiger partial charge in [-0.05, 0) is 0 Å². The molecule has 0 bridgehead atoms. The SMILES string of the molecule is COc1c(OC(F)(F)F)[nH]cc(C(=O)O)c1=O. The van der Waals surface area contributed by atoms with Gasteiger partial charge in [0, 0.05) is 6.20 Å². The van der Waals surface area contributed by atoms with Crippen LogP contribution >= 0.6 is 0 Å². The van der Waals surface area contributed by atoms with Gasteiger partial charge in [0.2, 0.25) is 17.1 Å². The van der Waals surface area contributed by atoms with E-state index in [2.05, 4.69) is 9.47 Å². The van der Waals surface area contributed by atoms with Gasteiger partial charge in [-0.15, -0.1) is 13.2 Å². The molecule has 0 aliphatic heterocycles. The molecule has 0 aromatic carbocycles. The molecular formula is C8H6F3NO5. The number of halogens is 3. The third-order valence-electron chi connectivity index (χ3n) is 1.66. The maximum Gasteiger partial charge on any atom is 0.574 e. The molecule has 0 amide bonds. The topological polar surface area (TPSA) is 88.6 Å². The van der Waals surface area contributed by atoms with E-state index < -0.39 is 35.0 Å². The van der Waals surface area contributed by atoms with Crippen LogP contribution in [0.25, 0.3) is 0 Å². The van der Waals surface area contributed by atoms with Gasteiger partial charge in [0.05, 0.1) is 7.11 Å². The molecule has 17 heavy (non-hydrogen) atoms. The predicted molar refractivity (Wildman–Crippen MR) is 47.3 cm³/mol. The van der Waals surface area contributed by atoms with Gasteiger partial charge in [0.1, 0.15) is 5.56 Å². The van der Waals surface area contributed by atoms with Crippen molar-refractivity contribution < 1.29 is 32.5 Å². The molecule has 0 aliphatic carbocycles. The minimum atomic E-state index is -5.03. The molecule has 0 saturated carbocycles. The monoisotopic (exact) mass is 253 g/mol. The van der Waals surface area contributed by atoms with Crippen molar-refractivity contribution in [3.63, 3.8) is 0 Å². The van der Waals surface area contributed by atoms with Gasteiger partial charge in [0.25, 0.3) is 0 Å². The third-order valence-corrected chi connectivity index (χ3v) is 1.66. The summed E-state index contributed by atoms with van der Waals surface area (Å²) in [5, 5.41) is 8.57. The van der Waals surface area contributed by atoms with Gasteiger partial charge in [-0.3, -0.25) is 4.79 Å². The van der Waals surface area contributed by atoms with Gasteiger partial charge >= 0.3 is 12.3 Å². The molecule has 1 heterocycles. The van der Waals surface area contributed by atoms with Crippen molar-refractivity contribution in [1.82, 2.24) is 4.98 Å². The molecule has 1 aromatic rings. The first-order valence-corrected chi connectivity index (χ1v) is 4.05. The van der Waals surface area contributed by atoms with E-state index in [4.69, 9.17) is 5.11 Å². The number of ether oxygens (including phenoxy) is 2. The molecule has 0 fully saturated rings. The molecule has 0 aliphatic rings. The fourth-order valence-electron chi connectivity index (χ4n) is 1.03. The lowest BCUT2D eigenvalue weighted by Crippen LogP contribution is -2.23. The Kier molecular flexibility index (Phi) is 3.30. The maximum absolute atomic E-state index is 11.9. The van der Waals surface area contributed by atoms with Crippen LogP contribution in [0.15, 0.2) is 11.0 Å². The van der Waals surface area contributed by atoms with E-state index in [0.29, 0.717) is 6.20 Å². The fraction of sp³-hybridized carbons (Fsp3) is 0.250. The van der Waals surface area contributed by atoms with Crippen LogP contribution in [-0.2, 0) is 0 Å². The van der Waals surface area contributed by atoms with Gasteiger partial charge in [-0.1, -0.05) is 0 Å². The Hall–Kier alpha value is -2.19. The summed E-state index contributed by atoms with van der Waals surface area (Å²) in [7, 11) is 0.916. The van der Waals surface area contributed by atoms with E-state index >= 15 is 0 Å². The summed E-state index contributed by atoms with van der Waals surface area (Å²) in [5.74, 6) is -3.46. The van der Waals surface area contributed by atoms with Crippen molar-refractivity contribution in [1.29, 1.82) is 0 Å². The van der Waals surface area contributed by atoms with Crippen LogP contribution < -0.4 is 14.9 Å². The molecule has 9 heteroatoms. The second-order valence-corrected chi connectivity index (χ2v) is 2.75. The van der Waals surface area contributed by atoms with Gasteiger partial charge in [-0.25, -0.2) is 4.79 Å². The van der Waals surface area contributed by atoms with E-state index in [-0.39, 0.29) is 0 Å². The lowest BCUT2D eigenvalue weighted by atomic mass is 10.2. The van der Waals surface area contributed by atoms with E-state index in [1.807, 2.05) is 4.98 Å². The number of hydrogen-bond donors (Lipinski definition) is 2. The number of pyridine rings is 1. The molecule has 2 N–H and O–H groups in total. The molecule has 0 unspecified atom stereocenters. The largest absolute Gasteiger partial charge is 0.574 e. The van der Waals surface area contributed by atoms with E-state index in [0.717, 1.165) is 7.11 Å². The number of carboxylic acids is 1. The second kappa shape index (κ2) is 4.36. The molecule has 6 nitrogen and oxygen atoms in total. The normalized spacial score (nSPS) is 11.1. The minimum absolute atomic E-state index is 0.592. The number of methoxy groups -OCH3 is 1. The number of rotatable bonds is 3.